The minimum atomic E-state index is 0.602. The molecule has 1 nitrogen and oxygen atoms in total. The van der Waals surface area contributed by atoms with Gasteiger partial charge in [0.25, 0.3) is 0 Å². The molecule has 0 fully saturated rings. The lowest BCUT2D eigenvalue weighted by atomic mass is 10.0. The van der Waals surface area contributed by atoms with Crippen molar-refractivity contribution < 1.29 is 0 Å². The molecule has 0 amide bonds. The molecule has 0 aliphatic heterocycles. The largest absolute Gasteiger partial charge is 0.312 e. The predicted molar refractivity (Wildman–Crippen MR) is 74.2 cm³/mol. The van der Waals surface area contributed by atoms with Gasteiger partial charge in [-0.15, -0.1) is 11.3 Å². The summed E-state index contributed by atoms with van der Waals surface area (Å²) in [6.45, 7) is 6.75. The van der Waals surface area contributed by atoms with Gasteiger partial charge in [-0.25, -0.2) is 0 Å². The summed E-state index contributed by atoms with van der Waals surface area (Å²) in [6.07, 6.45) is 6.47. The van der Waals surface area contributed by atoms with E-state index in [1.54, 1.807) is 0 Å². The van der Waals surface area contributed by atoms with Gasteiger partial charge in [0.1, 0.15) is 0 Å². The van der Waals surface area contributed by atoms with E-state index >= 15 is 0 Å². The number of thiophene rings is 1. The van der Waals surface area contributed by atoms with Gasteiger partial charge in [0.15, 0.2) is 0 Å². The molecule has 0 saturated heterocycles. The smallest absolute Gasteiger partial charge is 0.00728 e. The van der Waals surface area contributed by atoms with Crippen LogP contribution in [0.4, 0.5) is 0 Å². The molecule has 2 heteroatoms. The Balaban J connectivity index is 2.31. The topological polar surface area (TPSA) is 12.0 Å². The molecule has 0 bridgehead atoms. The Labute approximate surface area is 104 Å². The van der Waals surface area contributed by atoms with Crippen LogP contribution in [0, 0.1) is 0 Å². The first-order valence-electron chi connectivity index (χ1n) is 6.50. The van der Waals surface area contributed by atoms with Gasteiger partial charge in [-0.2, -0.15) is 0 Å². The van der Waals surface area contributed by atoms with Crippen molar-refractivity contribution in [3.05, 3.63) is 22.4 Å². The van der Waals surface area contributed by atoms with Gasteiger partial charge in [-0.3, -0.25) is 0 Å². The van der Waals surface area contributed by atoms with E-state index in [-0.39, 0.29) is 0 Å². The van der Waals surface area contributed by atoms with Crippen LogP contribution in [-0.4, -0.2) is 12.1 Å². The first-order valence-corrected chi connectivity index (χ1v) is 7.38. The van der Waals surface area contributed by atoms with Crippen molar-refractivity contribution in [2.45, 2.75) is 65.0 Å². The zero-order valence-electron chi connectivity index (χ0n) is 10.8. The number of unbranched alkanes of at least 4 members (excludes halogenated alkanes) is 1. The zero-order chi connectivity index (χ0) is 11.8. The second-order valence-electron chi connectivity index (χ2n) is 4.78. The summed E-state index contributed by atoms with van der Waals surface area (Å²) < 4.78 is 0. The lowest BCUT2D eigenvalue weighted by molar-refractivity contribution is 0.407. The lowest BCUT2D eigenvalue weighted by Gasteiger charge is -2.20. The molecule has 0 aliphatic carbocycles. The average molecular weight is 239 g/mol. The molecule has 0 spiro atoms. The third-order valence-electron chi connectivity index (χ3n) is 2.79. The summed E-state index contributed by atoms with van der Waals surface area (Å²) in [5.41, 5.74) is 0. The Morgan fingerprint density at radius 3 is 2.69 bits per heavy atom. The van der Waals surface area contributed by atoms with Crippen LogP contribution in [0.5, 0.6) is 0 Å². The monoisotopic (exact) mass is 239 g/mol. The number of rotatable bonds is 8. The molecule has 1 N–H and O–H groups in total. The fourth-order valence-electron chi connectivity index (χ4n) is 2.00. The van der Waals surface area contributed by atoms with Gasteiger partial charge in [0, 0.05) is 17.0 Å². The van der Waals surface area contributed by atoms with Crippen LogP contribution in [-0.2, 0) is 6.42 Å². The Morgan fingerprint density at radius 2 is 2.12 bits per heavy atom. The second kappa shape index (κ2) is 7.86. The van der Waals surface area contributed by atoms with Gasteiger partial charge in [0.05, 0.1) is 0 Å². The first-order chi connectivity index (χ1) is 7.72. The van der Waals surface area contributed by atoms with E-state index in [4.69, 9.17) is 0 Å². The fourth-order valence-corrected chi connectivity index (χ4v) is 2.73. The minimum absolute atomic E-state index is 0.602. The summed E-state index contributed by atoms with van der Waals surface area (Å²) in [5, 5.41) is 5.85. The van der Waals surface area contributed by atoms with E-state index in [0.717, 1.165) is 0 Å². The minimum Gasteiger partial charge on any atom is -0.312 e. The quantitative estimate of drug-likeness (QED) is 0.715. The number of hydrogen-bond acceptors (Lipinski definition) is 2. The molecule has 1 atom stereocenters. The molecule has 1 rings (SSSR count). The third-order valence-corrected chi connectivity index (χ3v) is 3.73. The van der Waals surface area contributed by atoms with Crippen molar-refractivity contribution in [2.75, 3.05) is 0 Å². The number of nitrogens with one attached hydrogen (secondary N) is 1. The molecule has 0 aliphatic rings. The summed E-state index contributed by atoms with van der Waals surface area (Å²) in [7, 11) is 0. The first kappa shape index (κ1) is 13.7. The zero-order valence-corrected chi connectivity index (χ0v) is 11.6. The van der Waals surface area contributed by atoms with Crippen molar-refractivity contribution in [3.8, 4) is 0 Å². The number of aryl methyl sites for hydroxylation is 1. The van der Waals surface area contributed by atoms with E-state index in [9.17, 15) is 0 Å². The Bertz CT molecular complexity index is 254. The van der Waals surface area contributed by atoms with Crippen molar-refractivity contribution in [1.82, 2.24) is 5.32 Å². The van der Waals surface area contributed by atoms with E-state index in [1.165, 1.54) is 37.0 Å². The maximum atomic E-state index is 3.68. The molecule has 1 aromatic rings. The number of hydrogen-bond donors (Lipinski definition) is 1. The average Bonchev–Trinajstić information content (AvgIpc) is 2.74. The summed E-state index contributed by atoms with van der Waals surface area (Å²) in [5.74, 6) is 0. The molecule has 92 valence electrons. The predicted octanol–water partition coefficient (Wildman–Crippen LogP) is 4.24. The third kappa shape index (κ3) is 5.66. The molecule has 1 aromatic heterocycles. The van der Waals surface area contributed by atoms with E-state index in [0.29, 0.717) is 12.1 Å². The highest BCUT2D eigenvalue weighted by Crippen LogP contribution is 2.14. The van der Waals surface area contributed by atoms with E-state index in [2.05, 4.69) is 43.6 Å². The van der Waals surface area contributed by atoms with Crippen LogP contribution in [0.15, 0.2) is 17.5 Å². The molecule has 0 saturated carbocycles. The Hall–Kier alpha value is -0.340. The van der Waals surface area contributed by atoms with Crippen LogP contribution in [0.1, 0.15) is 51.3 Å². The van der Waals surface area contributed by atoms with Crippen molar-refractivity contribution in [3.63, 3.8) is 0 Å². The van der Waals surface area contributed by atoms with E-state index < -0.39 is 0 Å². The Morgan fingerprint density at radius 1 is 1.31 bits per heavy atom. The van der Waals surface area contributed by atoms with E-state index in [1.807, 2.05) is 11.3 Å². The highest BCUT2D eigenvalue weighted by atomic mass is 32.1. The fraction of sp³-hybridized carbons (Fsp3) is 0.714. The molecule has 0 aromatic carbocycles. The SMILES string of the molecule is CCCCC(CCc1cccs1)NC(C)C. The van der Waals surface area contributed by atoms with Crippen LogP contribution >= 0.6 is 11.3 Å². The van der Waals surface area contributed by atoms with Crippen molar-refractivity contribution in [1.29, 1.82) is 0 Å². The molecule has 1 unspecified atom stereocenters. The van der Waals surface area contributed by atoms with Gasteiger partial charge in [-0.05, 0) is 30.7 Å². The second-order valence-corrected chi connectivity index (χ2v) is 5.81. The molecular formula is C14H25NS. The van der Waals surface area contributed by atoms with Gasteiger partial charge in [0.2, 0.25) is 0 Å². The highest BCUT2D eigenvalue weighted by Gasteiger charge is 2.09. The van der Waals surface area contributed by atoms with Gasteiger partial charge >= 0.3 is 0 Å². The molecule has 16 heavy (non-hydrogen) atoms. The molecule has 1 heterocycles. The summed E-state index contributed by atoms with van der Waals surface area (Å²) in [4.78, 5) is 1.52. The normalized spacial score (nSPS) is 13.2. The van der Waals surface area contributed by atoms with Crippen LogP contribution in [0.25, 0.3) is 0 Å². The van der Waals surface area contributed by atoms with Crippen LogP contribution < -0.4 is 5.32 Å². The van der Waals surface area contributed by atoms with Gasteiger partial charge < -0.3 is 5.32 Å². The lowest BCUT2D eigenvalue weighted by Crippen LogP contribution is -2.35. The molecular weight excluding hydrogens is 214 g/mol. The van der Waals surface area contributed by atoms with Crippen LogP contribution in [0.2, 0.25) is 0 Å². The highest BCUT2D eigenvalue weighted by molar-refractivity contribution is 7.09. The summed E-state index contributed by atoms with van der Waals surface area (Å²) >= 11 is 1.88. The van der Waals surface area contributed by atoms with Gasteiger partial charge in [-0.1, -0.05) is 39.7 Å². The summed E-state index contributed by atoms with van der Waals surface area (Å²) in [6, 6.07) is 5.70. The van der Waals surface area contributed by atoms with Crippen molar-refractivity contribution >= 4 is 11.3 Å². The maximum Gasteiger partial charge on any atom is 0.00728 e. The molecule has 0 radical (unpaired) electrons. The van der Waals surface area contributed by atoms with Crippen molar-refractivity contribution in [2.24, 2.45) is 0 Å². The maximum absolute atomic E-state index is 3.68. The standard InChI is InChI=1S/C14H25NS/c1-4-5-7-13(15-12(2)3)9-10-14-8-6-11-16-14/h6,8,11-13,15H,4-5,7,9-10H2,1-3H3. The Kier molecular flexibility index (Phi) is 6.74. The van der Waals surface area contributed by atoms with Crippen LogP contribution in [0.3, 0.4) is 0 Å².